The van der Waals surface area contributed by atoms with Crippen LogP contribution in [0.3, 0.4) is 0 Å². The van der Waals surface area contributed by atoms with Gasteiger partial charge in [0.25, 0.3) is 0 Å². The van der Waals surface area contributed by atoms with Gasteiger partial charge in [-0.25, -0.2) is 0 Å². The van der Waals surface area contributed by atoms with E-state index in [1.165, 1.54) is 11.1 Å². The molecular weight excluding hydrogens is 284 g/mol. The van der Waals surface area contributed by atoms with Gasteiger partial charge < -0.3 is 10.1 Å². The highest BCUT2D eigenvalue weighted by molar-refractivity contribution is 7.08. The van der Waals surface area contributed by atoms with Crippen molar-refractivity contribution < 1.29 is 4.74 Å². The lowest BCUT2D eigenvalue weighted by molar-refractivity contribution is 0.291. The van der Waals surface area contributed by atoms with Crippen molar-refractivity contribution in [2.45, 2.75) is 26.8 Å². The van der Waals surface area contributed by atoms with Crippen LogP contribution in [-0.2, 0) is 6.54 Å². The molecule has 2 aromatic rings. The topological polar surface area (TPSA) is 59.9 Å². The molecule has 0 unspecified atom stereocenters. The lowest BCUT2D eigenvalue weighted by Gasteiger charge is -2.07. The quantitative estimate of drug-likeness (QED) is 0.886. The second-order valence-corrected chi connectivity index (χ2v) is 5.07. The van der Waals surface area contributed by atoms with Crippen molar-refractivity contribution in [3.8, 4) is 6.01 Å². The summed E-state index contributed by atoms with van der Waals surface area (Å²) in [6, 6.07) is 0.256. The smallest absolute Gasteiger partial charge is 0.322 e. The second-order valence-electron chi connectivity index (χ2n) is 3.99. The molecule has 7 heteroatoms. The van der Waals surface area contributed by atoms with Crippen molar-refractivity contribution in [3.05, 3.63) is 27.2 Å². The Bertz CT molecular complexity index is 546. The van der Waals surface area contributed by atoms with Crippen LogP contribution in [0.4, 0.5) is 5.95 Å². The summed E-state index contributed by atoms with van der Waals surface area (Å²) >= 11 is 7.52. The minimum atomic E-state index is 0.130. The van der Waals surface area contributed by atoms with E-state index in [1.807, 2.05) is 6.92 Å². The van der Waals surface area contributed by atoms with Crippen LogP contribution in [-0.4, -0.2) is 21.6 Å². The Morgan fingerprint density at radius 2 is 2.16 bits per heavy atom. The van der Waals surface area contributed by atoms with Crippen LogP contribution in [0.15, 0.2) is 10.8 Å². The molecule has 102 valence electrons. The van der Waals surface area contributed by atoms with Crippen LogP contribution in [0.1, 0.15) is 24.5 Å². The molecule has 2 aromatic heterocycles. The van der Waals surface area contributed by atoms with Gasteiger partial charge in [-0.3, -0.25) is 0 Å². The minimum absolute atomic E-state index is 0.130. The van der Waals surface area contributed by atoms with E-state index in [0.717, 1.165) is 6.42 Å². The maximum atomic E-state index is 5.84. The van der Waals surface area contributed by atoms with E-state index in [0.29, 0.717) is 19.1 Å². The third-order valence-electron chi connectivity index (χ3n) is 2.42. The summed E-state index contributed by atoms with van der Waals surface area (Å²) < 4.78 is 5.35. The fraction of sp³-hybridized carbons (Fsp3) is 0.417. The zero-order valence-corrected chi connectivity index (χ0v) is 12.4. The van der Waals surface area contributed by atoms with Gasteiger partial charge in [0, 0.05) is 6.54 Å². The monoisotopic (exact) mass is 298 g/mol. The van der Waals surface area contributed by atoms with Crippen molar-refractivity contribution in [2.75, 3.05) is 11.9 Å². The lowest BCUT2D eigenvalue weighted by Crippen LogP contribution is -2.07. The van der Waals surface area contributed by atoms with E-state index in [9.17, 15) is 0 Å². The van der Waals surface area contributed by atoms with Gasteiger partial charge in [-0.2, -0.15) is 26.3 Å². The summed E-state index contributed by atoms with van der Waals surface area (Å²) in [5, 5.41) is 7.46. The molecular formula is C12H15ClN4OS. The van der Waals surface area contributed by atoms with Crippen LogP contribution in [0.25, 0.3) is 0 Å². The van der Waals surface area contributed by atoms with Crippen molar-refractivity contribution in [1.29, 1.82) is 0 Å². The maximum Gasteiger partial charge on any atom is 0.322 e. The van der Waals surface area contributed by atoms with E-state index in [1.54, 1.807) is 11.3 Å². The van der Waals surface area contributed by atoms with E-state index in [4.69, 9.17) is 16.3 Å². The lowest BCUT2D eigenvalue weighted by atomic mass is 10.2. The molecule has 0 saturated heterocycles. The molecule has 0 atom stereocenters. The predicted molar refractivity (Wildman–Crippen MR) is 77.0 cm³/mol. The number of rotatable bonds is 6. The molecule has 0 fully saturated rings. The summed E-state index contributed by atoms with van der Waals surface area (Å²) in [5.74, 6) is 0.428. The molecule has 0 spiro atoms. The standard InChI is InChI=1S/C12H15ClN4OS/c1-3-4-18-12-16-10(13)15-11(17-12)14-5-9-7-19-6-8(9)2/h6-7H,3-5H2,1-2H3,(H,14,15,16,17). The van der Waals surface area contributed by atoms with Gasteiger partial charge in [-0.1, -0.05) is 6.92 Å². The maximum absolute atomic E-state index is 5.84. The van der Waals surface area contributed by atoms with Crippen LogP contribution in [0, 0.1) is 6.92 Å². The van der Waals surface area contributed by atoms with E-state index < -0.39 is 0 Å². The molecule has 2 rings (SSSR count). The molecule has 5 nitrogen and oxygen atoms in total. The summed E-state index contributed by atoms with van der Waals surface area (Å²) in [6.07, 6.45) is 0.889. The molecule has 1 N–H and O–H groups in total. The molecule has 2 heterocycles. The minimum Gasteiger partial charge on any atom is -0.463 e. The SMILES string of the molecule is CCCOc1nc(Cl)nc(NCc2cscc2C)n1. The Morgan fingerprint density at radius 3 is 2.84 bits per heavy atom. The zero-order valence-electron chi connectivity index (χ0n) is 10.8. The van der Waals surface area contributed by atoms with Gasteiger partial charge in [0.05, 0.1) is 6.61 Å². The number of aromatic nitrogens is 3. The third kappa shape index (κ3) is 4.04. The van der Waals surface area contributed by atoms with Crippen molar-refractivity contribution in [2.24, 2.45) is 0 Å². The first-order chi connectivity index (χ1) is 9.19. The molecule has 0 bridgehead atoms. The van der Waals surface area contributed by atoms with Gasteiger partial charge >= 0.3 is 6.01 Å². The van der Waals surface area contributed by atoms with Gasteiger partial charge in [-0.15, -0.1) is 0 Å². The summed E-state index contributed by atoms with van der Waals surface area (Å²) in [4.78, 5) is 12.1. The van der Waals surface area contributed by atoms with Crippen molar-refractivity contribution in [1.82, 2.24) is 15.0 Å². The number of nitrogens with zero attached hydrogens (tertiary/aromatic N) is 3. The first kappa shape index (κ1) is 14.0. The Labute approximate surface area is 121 Å². The van der Waals surface area contributed by atoms with Crippen molar-refractivity contribution >= 4 is 28.9 Å². The fourth-order valence-electron chi connectivity index (χ4n) is 1.41. The van der Waals surface area contributed by atoms with E-state index >= 15 is 0 Å². The average molecular weight is 299 g/mol. The van der Waals surface area contributed by atoms with Crippen LogP contribution < -0.4 is 10.1 Å². The number of hydrogen-bond acceptors (Lipinski definition) is 6. The van der Waals surface area contributed by atoms with E-state index in [2.05, 4.69) is 38.0 Å². The van der Waals surface area contributed by atoms with Crippen LogP contribution in [0.5, 0.6) is 6.01 Å². The van der Waals surface area contributed by atoms with Crippen LogP contribution in [0.2, 0.25) is 5.28 Å². The molecule has 0 aliphatic rings. The second kappa shape index (κ2) is 6.68. The Morgan fingerprint density at radius 1 is 1.32 bits per heavy atom. The third-order valence-corrected chi connectivity index (χ3v) is 3.50. The van der Waals surface area contributed by atoms with Crippen molar-refractivity contribution in [3.63, 3.8) is 0 Å². The average Bonchev–Trinajstić information content (AvgIpc) is 2.79. The van der Waals surface area contributed by atoms with Gasteiger partial charge in [0.15, 0.2) is 0 Å². The molecule has 0 aromatic carbocycles. The summed E-state index contributed by atoms with van der Waals surface area (Å²) in [6.45, 7) is 5.30. The van der Waals surface area contributed by atoms with Gasteiger partial charge in [0.2, 0.25) is 11.2 Å². The first-order valence-corrected chi connectivity index (χ1v) is 7.31. The number of anilines is 1. The summed E-state index contributed by atoms with van der Waals surface area (Å²) in [7, 11) is 0. The van der Waals surface area contributed by atoms with Crippen LogP contribution >= 0.6 is 22.9 Å². The number of aryl methyl sites for hydroxylation is 1. The molecule has 0 aliphatic carbocycles. The molecule has 0 amide bonds. The number of thiophene rings is 1. The Balaban J connectivity index is 2.03. The molecule has 0 radical (unpaired) electrons. The van der Waals surface area contributed by atoms with Gasteiger partial charge in [0.1, 0.15) is 0 Å². The zero-order chi connectivity index (χ0) is 13.7. The highest BCUT2D eigenvalue weighted by Gasteiger charge is 2.06. The molecule has 19 heavy (non-hydrogen) atoms. The highest BCUT2D eigenvalue weighted by Crippen LogP contribution is 2.16. The number of nitrogens with one attached hydrogen (secondary N) is 1. The largest absolute Gasteiger partial charge is 0.463 e. The number of hydrogen-bond donors (Lipinski definition) is 1. The molecule has 0 saturated carbocycles. The number of halogens is 1. The van der Waals surface area contributed by atoms with E-state index in [-0.39, 0.29) is 11.3 Å². The molecule has 0 aliphatic heterocycles. The van der Waals surface area contributed by atoms with Gasteiger partial charge in [-0.05, 0) is 46.8 Å². The first-order valence-electron chi connectivity index (χ1n) is 5.99. The Hall–Kier alpha value is -1.40. The predicted octanol–water partition coefficient (Wildman–Crippen LogP) is 3.30. The summed E-state index contributed by atoms with van der Waals surface area (Å²) in [5.41, 5.74) is 2.47. The highest BCUT2D eigenvalue weighted by atomic mass is 35.5. The number of ether oxygens (including phenoxy) is 1. The normalized spacial score (nSPS) is 10.5. The fourth-order valence-corrected chi connectivity index (χ4v) is 2.42. The Kier molecular flexibility index (Phi) is 4.93.